The van der Waals surface area contributed by atoms with E-state index in [0.29, 0.717) is 0 Å². The van der Waals surface area contributed by atoms with Gasteiger partial charge in [-0.2, -0.15) is 0 Å². The lowest BCUT2D eigenvalue weighted by atomic mass is 10.2. The summed E-state index contributed by atoms with van der Waals surface area (Å²) in [5, 5.41) is 0. The molecule has 0 fully saturated rings. The van der Waals surface area contributed by atoms with Gasteiger partial charge in [0.15, 0.2) is 0 Å². The Bertz CT molecular complexity index is 265. The smallest absolute Gasteiger partial charge is 0.410 e. The number of rotatable bonds is 0. The molecule has 1 aliphatic heterocycles. The van der Waals surface area contributed by atoms with Gasteiger partial charge in [0.05, 0.1) is 0 Å². The molecule has 0 spiro atoms. The molecule has 0 radical (unpaired) electrons. The van der Waals surface area contributed by atoms with Gasteiger partial charge in [-0.3, -0.25) is 0 Å². The molecule has 0 aromatic rings. The van der Waals surface area contributed by atoms with Crippen LogP contribution in [0.1, 0.15) is 59.3 Å². The van der Waals surface area contributed by atoms with Crippen LogP contribution < -0.4 is 0 Å². The first-order valence-corrected chi connectivity index (χ1v) is 7.12. The zero-order valence-electron chi connectivity index (χ0n) is 12.1. The molecule has 0 bridgehead atoms. The van der Waals surface area contributed by atoms with Crippen molar-refractivity contribution in [1.82, 2.24) is 4.90 Å². The number of hydrogen-bond donors (Lipinski definition) is 0. The molecule has 0 saturated carbocycles. The highest BCUT2D eigenvalue weighted by atomic mass is 16.6. The maximum atomic E-state index is 12.1. The van der Waals surface area contributed by atoms with Crippen molar-refractivity contribution in [1.29, 1.82) is 0 Å². The third kappa shape index (κ3) is 6.67. The number of carbonyl (C=O) groups is 1. The number of carbonyl (C=O) groups excluding carboxylic acids is 1. The van der Waals surface area contributed by atoms with Crippen molar-refractivity contribution < 1.29 is 9.53 Å². The normalized spacial score (nSPS) is 20.9. The molecule has 0 saturated heterocycles. The van der Waals surface area contributed by atoms with Crippen LogP contribution in [0.5, 0.6) is 0 Å². The number of hydrogen-bond acceptors (Lipinski definition) is 2. The van der Waals surface area contributed by atoms with Crippen LogP contribution in [0.2, 0.25) is 0 Å². The Morgan fingerprint density at radius 1 is 1.00 bits per heavy atom. The Morgan fingerprint density at radius 3 is 1.94 bits per heavy atom. The predicted octanol–water partition coefficient (Wildman–Crippen LogP) is 4.13. The fourth-order valence-electron chi connectivity index (χ4n) is 1.99. The third-order valence-electron chi connectivity index (χ3n) is 2.92. The van der Waals surface area contributed by atoms with E-state index in [1.165, 1.54) is 0 Å². The highest BCUT2D eigenvalue weighted by Crippen LogP contribution is 2.13. The van der Waals surface area contributed by atoms with Gasteiger partial charge in [-0.15, -0.1) is 0 Å². The van der Waals surface area contributed by atoms with Crippen LogP contribution in [0.3, 0.4) is 0 Å². The van der Waals surface area contributed by atoms with Crippen LogP contribution in [-0.2, 0) is 4.74 Å². The summed E-state index contributed by atoms with van der Waals surface area (Å²) in [6.07, 6.45) is 11.0. The van der Waals surface area contributed by atoms with Gasteiger partial charge in [-0.05, 0) is 59.3 Å². The molecule has 1 amide bonds. The van der Waals surface area contributed by atoms with E-state index < -0.39 is 5.60 Å². The standard InChI is InChI=1S/C15H27NO2/c1-15(2,3)18-14(17)16-12-10-8-6-4-5-7-9-11-13-16/h4-5H,6-13H2,1-3H3/b5-4+. The van der Waals surface area contributed by atoms with Gasteiger partial charge in [0, 0.05) is 13.1 Å². The summed E-state index contributed by atoms with van der Waals surface area (Å²) >= 11 is 0. The Balaban J connectivity index is 2.47. The molecule has 1 heterocycles. The predicted molar refractivity (Wildman–Crippen MR) is 74.6 cm³/mol. The van der Waals surface area contributed by atoms with Crippen molar-refractivity contribution in [2.45, 2.75) is 64.9 Å². The van der Waals surface area contributed by atoms with Gasteiger partial charge < -0.3 is 9.64 Å². The van der Waals surface area contributed by atoms with Crippen molar-refractivity contribution in [3.63, 3.8) is 0 Å². The minimum absolute atomic E-state index is 0.158. The largest absolute Gasteiger partial charge is 0.444 e. The molecule has 1 rings (SSSR count). The average Bonchev–Trinajstić information content (AvgIpc) is 2.31. The molecule has 0 aromatic heterocycles. The number of allylic oxidation sites excluding steroid dienone is 2. The zero-order chi connectivity index (χ0) is 13.4. The van der Waals surface area contributed by atoms with E-state index in [1.54, 1.807) is 0 Å². The maximum absolute atomic E-state index is 12.1. The summed E-state index contributed by atoms with van der Waals surface area (Å²) in [6, 6.07) is 0. The zero-order valence-corrected chi connectivity index (χ0v) is 12.1. The molecule has 0 N–H and O–H groups in total. The number of nitrogens with zero attached hydrogens (tertiary/aromatic N) is 1. The summed E-state index contributed by atoms with van der Waals surface area (Å²) in [7, 11) is 0. The highest BCUT2D eigenvalue weighted by molar-refractivity contribution is 5.68. The molecule has 0 aromatic carbocycles. The molecular formula is C15H27NO2. The second-order valence-corrected chi connectivity index (χ2v) is 5.93. The maximum Gasteiger partial charge on any atom is 0.410 e. The minimum Gasteiger partial charge on any atom is -0.444 e. The van der Waals surface area contributed by atoms with Crippen molar-refractivity contribution in [2.75, 3.05) is 13.1 Å². The summed E-state index contributed by atoms with van der Waals surface area (Å²) in [5.74, 6) is 0. The van der Waals surface area contributed by atoms with Crippen molar-refractivity contribution in [2.24, 2.45) is 0 Å². The van der Waals surface area contributed by atoms with E-state index in [2.05, 4.69) is 12.2 Å². The Labute approximate surface area is 111 Å². The molecule has 104 valence electrons. The summed E-state index contributed by atoms with van der Waals surface area (Å²) in [4.78, 5) is 13.9. The van der Waals surface area contributed by atoms with Crippen LogP contribution >= 0.6 is 0 Å². The molecule has 1 aliphatic rings. The lowest BCUT2D eigenvalue weighted by Crippen LogP contribution is -2.38. The topological polar surface area (TPSA) is 29.5 Å². The molecule has 0 atom stereocenters. The molecule has 3 heteroatoms. The second kappa shape index (κ2) is 7.45. The average molecular weight is 253 g/mol. The Hall–Kier alpha value is -0.990. The molecular weight excluding hydrogens is 226 g/mol. The van der Waals surface area contributed by atoms with E-state index >= 15 is 0 Å². The lowest BCUT2D eigenvalue weighted by Gasteiger charge is -2.27. The Kier molecular flexibility index (Phi) is 6.23. The van der Waals surface area contributed by atoms with Gasteiger partial charge in [-0.1, -0.05) is 12.2 Å². The molecule has 0 aliphatic carbocycles. The van der Waals surface area contributed by atoms with Gasteiger partial charge in [-0.25, -0.2) is 4.79 Å². The summed E-state index contributed by atoms with van der Waals surface area (Å²) in [5.41, 5.74) is -0.398. The third-order valence-corrected chi connectivity index (χ3v) is 2.92. The number of ether oxygens (including phenoxy) is 1. The van der Waals surface area contributed by atoms with Crippen LogP contribution in [-0.4, -0.2) is 29.7 Å². The molecule has 18 heavy (non-hydrogen) atoms. The van der Waals surface area contributed by atoms with Gasteiger partial charge in [0.2, 0.25) is 0 Å². The van der Waals surface area contributed by atoms with Crippen molar-refractivity contribution in [3.8, 4) is 0 Å². The quantitative estimate of drug-likeness (QED) is 0.607. The fraction of sp³-hybridized carbons (Fsp3) is 0.800. The van der Waals surface area contributed by atoms with Crippen LogP contribution in [0.25, 0.3) is 0 Å². The van der Waals surface area contributed by atoms with E-state index in [9.17, 15) is 4.79 Å². The van der Waals surface area contributed by atoms with E-state index in [-0.39, 0.29) is 6.09 Å². The van der Waals surface area contributed by atoms with Gasteiger partial charge in [0.1, 0.15) is 5.60 Å². The van der Waals surface area contributed by atoms with Crippen LogP contribution in [0.15, 0.2) is 12.2 Å². The minimum atomic E-state index is -0.398. The van der Waals surface area contributed by atoms with E-state index in [4.69, 9.17) is 4.74 Å². The van der Waals surface area contributed by atoms with E-state index in [0.717, 1.165) is 51.6 Å². The number of amides is 1. The SMILES string of the molecule is CC(C)(C)OC(=O)N1CCCC/C=C/CCCC1. The van der Waals surface area contributed by atoms with Gasteiger partial charge >= 0.3 is 6.09 Å². The Morgan fingerprint density at radius 2 is 1.50 bits per heavy atom. The summed E-state index contributed by atoms with van der Waals surface area (Å²) < 4.78 is 5.45. The lowest BCUT2D eigenvalue weighted by molar-refractivity contribution is 0.0244. The highest BCUT2D eigenvalue weighted by Gasteiger charge is 2.21. The first kappa shape index (κ1) is 15.1. The fourth-order valence-corrected chi connectivity index (χ4v) is 1.99. The molecule has 0 unspecified atom stereocenters. The second-order valence-electron chi connectivity index (χ2n) is 5.93. The van der Waals surface area contributed by atoms with E-state index in [1.807, 2.05) is 25.7 Å². The van der Waals surface area contributed by atoms with Crippen molar-refractivity contribution in [3.05, 3.63) is 12.2 Å². The molecule has 3 nitrogen and oxygen atoms in total. The van der Waals surface area contributed by atoms with Crippen LogP contribution in [0, 0.1) is 0 Å². The first-order chi connectivity index (χ1) is 8.49. The monoisotopic (exact) mass is 253 g/mol. The first-order valence-electron chi connectivity index (χ1n) is 7.12. The summed E-state index contributed by atoms with van der Waals surface area (Å²) in [6.45, 7) is 7.40. The van der Waals surface area contributed by atoms with Crippen LogP contribution in [0.4, 0.5) is 4.79 Å². The van der Waals surface area contributed by atoms with Gasteiger partial charge in [0.25, 0.3) is 0 Å². The van der Waals surface area contributed by atoms with Crippen molar-refractivity contribution >= 4 is 6.09 Å².